The van der Waals surface area contributed by atoms with Crippen LogP contribution in [0.1, 0.15) is 24.8 Å². The van der Waals surface area contributed by atoms with Crippen molar-refractivity contribution >= 4 is 32.7 Å². The van der Waals surface area contributed by atoms with Crippen molar-refractivity contribution in [3.05, 3.63) is 34.3 Å². The zero-order chi connectivity index (χ0) is 11.8. The van der Waals surface area contributed by atoms with E-state index in [1.54, 1.807) is 0 Å². The van der Waals surface area contributed by atoms with E-state index in [-0.39, 0.29) is 0 Å². The minimum absolute atomic E-state index is 0.376. The van der Waals surface area contributed by atoms with E-state index in [1.807, 2.05) is 17.8 Å². The number of nitrogens with zero attached hydrogens (tertiary/aromatic N) is 1. The van der Waals surface area contributed by atoms with Gasteiger partial charge in [0.15, 0.2) is 0 Å². The van der Waals surface area contributed by atoms with Gasteiger partial charge in [0.2, 0.25) is 0 Å². The van der Waals surface area contributed by atoms with Gasteiger partial charge < -0.3 is 5.73 Å². The summed E-state index contributed by atoms with van der Waals surface area (Å²) in [6.07, 6.45) is 3.38. The molecule has 0 saturated heterocycles. The van der Waals surface area contributed by atoms with Crippen LogP contribution in [-0.2, 0) is 0 Å². The van der Waals surface area contributed by atoms with E-state index in [1.165, 1.54) is 10.6 Å². The van der Waals surface area contributed by atoms with Crippen molar-refractivity contribution in [2.75, 3.05) is 0 Å². The minimum atomic E-state index is 0.376. The molecule has 0 radical (unpaired) electrons. The molecular formula is C13H15BrN2S. The first-order valence-corrected chi connectivity index (χ1v) is 7.65. The maximum atomic E-state index is 6.03. The number of rotatable bonds is 1. The van der Waals surface area contributed by atoms with Crippen molar-refractivity contribution in [2.24, 2.45) is 10.7 Å². The van der Waals surface area contributed by atoms with E-state index in [4.69, 9.17) is 10.7 Å². The molecule has 3 rings (SSSR count). The van der Waals surface area contributed by atoms with Crippen LogP contribution >= 0.6 is 27.7 Å². The second-order valence-electron chi connectivity index (χ2n) is 4.74. The van der Waals surface area contributed by atoms with E-state index in [9.17, 15) is 0 Å². The monoisotopic (exact) mass is 310 g/mol. The van der Waals surface area contributed by atoms with Gasteiger partial charge in [-0.1, -0.05) is 28.1 Å². The first-order chi connectivity index (χ1) is 8.22. The summed E-state index contributed by atoms with van der Waals surface area (Å²) in [5, 5.41) is 1.79. The Kier molecular flexibility index (Phi) is 3.28. The lowest BCUT2D eigenvalue weighted by atomic mass is 9.92. The van der Waals surface area contributed by atoms with Crippen LogP contribution in [0.3, 0.4) is 0 Å². The van der Waals surface area contributed by atoms with Crippen LogP contribution in [0.5, 0.6) is 0 Å². The number of nitrogens with two attached hydrogens (primary N) is 1. The summed E-state index contributed by atoms with van der Waals surface area (Å²) in [4.78, 5) is 4.86. The molecular weight excluding hydrogens is 296 g/mol. The van der Waals surface area contributed by atoms with Crippen LogP contribution in [0.4, 0.5) is 0 Å². The number of halogens is 1. The normalized spacial score (nSPS) is 32.1. The predicted molar refractivity (Wildman–Crippen MR) is 77.7 cm³/mol. The molecule has 2 nitrogen and oxygen atoms in total. The minimum Gasteiger partial charge on any atom is -0.328 e. The van der Waals surface area contributed by atoms with E-state index < -0.39 is 0 Å². The Morgan fingerprint density at radius 2 is 2.24 bits per heavy atom. The molecule has 4 heteroatoms. The van der Waals surface area contributed by atoms with Crippen molar-refractivity contribution in [3.63, 3.8) is 0 Å². The molecule has 90 valence electrons. The van der Waals surface area contributed by atoms with Crippen LogP contribution in [0.2, 0.25) is 0 Å². The molecule has 1 aromatic carbocycles. The quantitative estimate of drug-likeness (QED) is 0.865. The maximum Gasteiger partial charge on any atom is 0.0984 e. The summed E-state index contributed by atoms with van der Waals surface area (Å²) < 4.78 is 1.12. The fraction of sp³-hybridized carbons (Fsp3) is 0.462. The summed E-state index contributed by atoms with van der Waals surface area (Å²) >= 11 is 5.42. The molecule has 2 N–H and O–H groups in total. The SMILES string of the molecule is NC1CCC2N=C(c3cccc(Br)c3)SC2C1. The van der Waals surface area contributed by atoms with Gasteiger partial charge in [0, 0.05) is 21.3 Å². The lowest BCUT2D eigenvalue weighted by Gasteiger charge is -2.27. The first kappa shape index (κ1) is 11.8. The Hall–Kier alpha value is -0.320. The molecule has 1 saturated carbocycles. The van der Waals surface area contributed by atoms with Crippen LogP contribution in [0, 0.1) is 0 Å². The zero-order valence-electron chi connectivity index (χ0n) is 9.47. The molecule has 0 spiro atoms. The van der Waals surface area contributed by atoms with Gasteiger partial charge in [-0.15, -0.1) is 11.8 Å². The van der Waals surface area contributed by atoms with Gasteiger partial charge in [0.05, 0.1) is 11.1 Å². The molecule has 2 aliphatic rings. The third-order valence-electron chi connectivity index (χ3n) is 3.42. The summed E-state index contributed by atoms with van der Waals surface area (Å²) in [6.45, 7) is 0. The average molecular weight is 311 g/mol. The molecule has 0 aromatic heterocycles. The average Bonchev–Trinajstić information content (AvgIpc) is 2.72. The van der Waals surface area contributed by atoms with Crippen molar-refractivity contribution in [3.8, 4) is 0 Å². The second kappa shape index (κ2) is 4.75. The van der Waals surface area contributed by atoms with Gasteiger partial charge in [-0.05, 0) is 31.4 Å². The Labute approximate surface area is 114 Å². The van der Waals surface area contributed by atoms with Gasteiger partial charge in [0.25, 0.3) is 0 Å². The predicted octanol–water partition coefficient (Wildman–Crippen LogP) is 3.19. The molecule has 3 unspecified atom stereocenters. The van der Waals surface area contributed by atoms with Crippen molar-refractivity contribution in [1.82, 2.24) is 0 Å². The Bertz CT molecular complexity index is 460. The van der Waals surface area contributed by atoms with E-state index in [0.717, 1.165) is 23.7 Å². The third-order valence-corrected chi connectivity index (χ3v) is 5.28. The highest BCUT2D eigenvalue weighted by Gasteiger charge is 2.35. The van der Waals surface area contributed by atoms with Crippen LogP contribution in [-0.4, -0.2) is 22.4 Å². The summed E-state index contributed by atoms with van der Waals surface area (Å²) in [5.41, 5.74) is 7.26. The fourth-order valence-corrected chi connectivity index (χ4v) is 4.35. The van der Waals surface area contributed by atoms with Gasteiger partial charge in [0.1, 0.15) is 0 Å². The fourth-order valence-electron chi connectivity index (χ4n) is 2.51. The number of thioether (sulfide) groups is 1. The molecule has 1 aromatic rings. The zero-order valence-corrected chi connectivity index (χ0v) is 11.9. The van der Waals surface area contributed by atoms with Gasteiger partial charge in [-0.25, -0.2) is 0 Å². The standard InChI is InChI=1S/C13H15BrN2S/c14-9-3-1-2-8(6-9)13-16-11-5-4-10(15)7-12(11)17-13/h1-3,6,10-12H,4-5,7,15H2. The highest BCUT2D eigenvalue weighted by atomic mass is 79.9. The van der Waals surface area contributed by atoms with Crippen molar-refractivity contribution < 1.29 is 0 Å². The van der Waals surface area contributed by atoms with Gasteiger partial charge >= 0.3 is 0 Å². The highest BCUT2D eigenvalue weighted by Crippen LogP contribution is 2.38. The van der Waals surface area contributed by atoms with Crippen LogP contribution in [0.15, 0.2) is 33.7 Å². The van der Waals surface area contributed by atoms with Gasteiger partial charge in [-0.3, -0.25) is 4.99 Å². The molecule has 1 aliphatic carbocycles. The largest absolute Gasteiger partial charge is 0.328 e. The molecule has 0 amide bonds. The number of fused-ring (bicyclic) bond motifs is 1. The van der Waals surface area contributed by atoms with Crippen molar-refractivity contribution in [1.29, 1.82) is 0 Å². The van der Waals surface area contributed by atoms with Crippen molar-refractivity contribution in [2.45, 2.75) is 36.6 Å². The third kappa shape index (κ3) is 2.44. The maximum absolute atomic E-state index is 6.03. The molecule has 1 heterocycles. The Balaban J connectivity index is 1.82. The van der Waals surface area contributed by atoms with Crippen LogP contribution < -0.4 is 5.73 Å². The lowest BCUT2D eigenvalue weighted by molar-refractivity contribution is 0.412. The van der Waals surface area contributed by atoms with Gasteiger partial charge in [-0.2, -0.15) is 0 Å². The summed E-state index contributed by atoms with van der Waals surface area (Å²) in [7, 11) is 0. The number of hydrogen-bond donors (Lipinski definition) is 1. The Morgan fingerprint density at radius 3 is 3.06 bits per heavy atom. The van der Waals surface area contributed by atoms with Crippen LogP contribution in [0.25, 0.3) is 0 Å². The number of benzene rings is 1. The molecule has 0 bridgehead atoms. The molecule has 3 atom stereocenters. The number of aliphatic imine (C=N–C) groups is 1. The van der Waals surface area contributed by atoms with E-state index in [2.05, 4.69) is 34.1 Å². The van der Waals surface area contributed by atoms with E-state index in [0.29, 0.717) is 17.3 Å². The second-order valence-corrected chi connectivity index (χ2v) is 6.88. The molecule has 1 aliphatic heterocycles. The topological polar surface area (TPSA) is 38.4 Å². The number of hydrogen-bond acceptors (Lipinski definition) is 3. The molecule has 1 fully saturated rings. The smallest absolute Gasteiger partial charge is 0.0984 e. The first-order valence-electron chi connectivity index (χ1n) is 5.98. The summed E-state index contributed by atoms with van der Waals surface area (Å²) in [5.74, 6) is 0. The van der Waals surface area contributed by atoms with E-state index >= 15 is 0 Å². The molecule has 17 heavy (non-hydrogen) atoms. The summed E-state index contributed by atoms with van der Waals surface area (Å²) in [6, 6.07) is 9.26. The lowest BCUT2D eigenvalue weighted by Crippen LogP contribution is -2.35. The highest BCUT2D eigenvalue weighted by molar-refractivity contribution is 9.10. The Morgan fingerprint density at radius 1 is 1.35 bits per heavy atom.